The van der Waals surface area contributed by atoms with Crippen LogP contribution >= 0.6 is 0 Å². The largest absolute Gasteiger partial charge is 0.368 e. The van der Waals surface area contributed by atoms with E-state index < -0.39 is 0 Å². The van der Waals surface area contributed by atoms with E-state index in [1.165, 1.54) is 37.7 Å². The van der Waals surface area contributed by atoms with E-state index in [0.717, 1.165) is 0 Å². The maximum absolute atomic E-state index is 6.26. The number of benzene rings is 1. The Bertz CT molecular complexity index is 309. The Morgan fingerprint density at radius 1 is 1.00 bits per heavy atom. The fourth-order valence-corrected chi connectivity index (χ4v) is 2.51. The van der Waals surface area contributed by atoms with E-state index in [1.807, 2.05) is 0 Å². The Morgan fingerprint density at radius 2 is 1.62 bits per heavy atom. The van der Waals surface area contributed by atoms with Crippen LogP contribution in [0.25, 0.3) is 0 Å². The van der Waals surface area contributed by atoms with Crippen molar-refractivity contribution in [3.63, 3.8) is 0 Å². The lowest BCUT2D eigenvalue weighted by Crippen LogP contribution is -2.29. The molecule has 1 nitrogen and oxygen atoms in total. The zero-order chi connectivity index (χ0) is 11.4. The Labute approximate surface area is 98.8 Å². The van der Waals surface area contributed by atoms with Gasteiger partial charge in [0.15, 0.2) is 0 Å². The minimum atomic E-state index is -0.150. The SMILES string of the molecule is CC(C)(OC1CCCCC1)c1ccccc1. The monoisotopic (exact) mass is 218 g/mol. The number of rotatable bonds is 3. The molecule has 0 amide bonds. The van der Waals surface area contributed by atoms with Crippen molar-refractivity contribution in [3.8, 4) is 0 Å². The van der Waals surface area contributed by atoms with Gasteiger partial charge in [0, 0.05) is 0 Å². The highest BCUT2D eigenvalue weighted by atomic mass is 16.5. The predicted molar refractivity (Wildman–Crippen MR) is 67.4 cm³/mol. The van der Waals surface area contributed by atoms with Crippen LogP contribution in [0.5, 0.6) is 0 Å². The number of ether oxygens (including phenoxy) is 1. The van der Waals surface area contributed by atoms with Gasteiger partial charge in [0.1, 0.15) is 0 Å². The average Bonchev–Trinajstić information content (AvgIpc) is 2.31. The molecule has 0 N–H and O–H groups in total. The fourth-order valence-electron chi connectivity index (χ4n) is 2.51. The summed E-state index contributed by atoms with van der Waals surface area (Å²) in [5.74, 6) is 0. The van der Waals surface area contributed by atoms with Gasteiger partial charge in [-0.3, -0.25) is 0 Å². The molecule has 0 saturated heterocycles. The average molecular weight is 218 g/mol. The van der Waals surface area contributed by atoms with Gasteiger partial charge in [0.05, 0.1) is 11.7 Å². The summed E-state index contributed by atoms with van der Waals surface area (Å²) in [5, 5.41) is 0. The molecule has 1 heteroatoms. The summed E-state index contributed by atoms with van der Waals surface area (Å²) in [6.07, 6.45) is 6.97. The van der Waals surface area contributed by atoms with E-state index in [1.54, 1.807) is 0 Å². The van der Waals surface area contributed by atoms with E-state index >= 15 is 0 Å². The highest BCUT2D eigenvalue weighted by Crippen LogP contribution is 2.31. The highest BCUT2D eigenvalue weighted by molar-refractivity contribution is 5.20. The van der Waals surface area contributed by atoms with Crippen LogP contribution in [-0.4, -0.2) is 6.10 Å². The van der Waals surface area contributed by atoms with Crippen LogP contribution in [0.4, 0.5) is 0 Å². The van der Waals surface area contributed by atoms with Gasteiger partial charge in [0.2, 0.25) is 0 Å². The molecule has 2 rings (SSSR count). The first-order chi connectivity index (χ1) is 7.68. The molecule has 0 aromatic heterocycles. The summed E-state index contributed by atoms with van der Waals surface area (Å²) >= 11 is 0. The summed E-state index contributed by atoms with van der Waals surface area (Å²) < 4.78 is 6.26. The molecule has 88 valence electrons. The maximum atomic E-state index is 6.26. The van der Waals surface area contributed by atoms with Crippen molar-refractivity contribution in [2.75, 3.05) is 0 Å². The second-order valence-electron chi connectivity index (χ2n) is 5.25. The van der Waals surface area contributed by atoms with E-state index in [4.69, 9.17) is 4.74 Å². The lowest BCUT2D eigenvalue weighted by Gasteiger charge is -2.33. The molecular weight excluding hydrogens is 196 g/mol. The van der Waals surface area contributed by atoms with Crippen molar-refractivity contribution in [1.29, 1.82) is 0 Å². The van der Waals surface area contributed by atoms with Crippen LogP contribution in [-0.2, 0) is 10.3 Å². The second-order valence-corrected chi connectivity index (χ2v) is 5.25. The minimum Gasteiger partial charge on any atom is -0.368 e. The summed E-state index contributed by atoms with van der Waals surface area (Å²) in [5.41, 5.74) is 1.13. The zero-order valence-electron chi connectivity index (χ0n) is 10.4. The van der Waals surface area contributed by atoms with Crippen LogP contribution in [0.2, 0.25) is 0 Å². The predicted octanol–water partition coefficient (Wildman–Crippen LogP) is 4.27. The molecule has 1 saturated carbocycles. The molecule has 0 spiro atoms. The minimum absolute atomic E-state index is 0.150. The quantitative estimate of drug-likeness (QED) is 0.736. The molecule has 1 aliphatic carbocycles. The van der Waals surface area contributed by atoms with Crippen molar-refractivity contribution < 1.29 is 4.74 Å². The van der Waals surface area contributed by atoms with Gasteiger partial charge < -0.3 is 4.74 Å². The van der Waals surface area contributed by atoms with Crippen LogP contribution in [0, 0.1) is 0 Å². The molecular formula is C15H22O. The summed E-state index contributed by atoms with van der Waals surface area (Å²) in [7, 11) is 0. The third-order valence-corrected chi connectivity index (χ3v) is 3.48. The highest BCUT2D eigenvalue weighted by Gasteiger charge is 2.26. The molecule has 0 heterocycles. The lowest BCUT2D eigenvalue weighted by molar-refractivity contribution is -0.0889. The second kappa shape index (κ2) is 5.01. The maximum Gasteiger partial charge on any atom is 0.0879 e. The van der Waals surface area contributed by atoms with E-state index in [0.29, 0.717) is 6.10 Å². The van der Waals surface area contributed by atoms with Gasteiger partial charge >= 0.3 is 0 Å². The summed E-state index contributed by atoms with van der Waals surface area (Å²) in [4.78, 5) is 0. The molecule has 1 fully saturated rings. The Morgan fingerprint density at radius 3 is 2.25 bits per heavy atom. The number of hydrogen-bond acceptors (Lipinski definition) is 1. The Balaban J connectivity index is 2.01. The van der Waals surface area contributed by atoms with E-state index in [-0.39, 0.29) is 5.60 Å². The molecule has 0 radical (unpaired) electrons. The normalized spacial score (nSPS) is 18.6. The molecule has 0 aliphatic heterocycles. The topological polar surface area (TPSA) is 9.23 Å². The third-order valence-electron chi connectivity index (χ3n) is 3.48. The molecule has 1 aromatic carbocycles. The van der Waals surface area contributed by atoms with Crippen molar-refractivity contribution in [2.24, 2.45) is 0 Å². The molecule has 16 heavy (non-hydrogen) atoms. The van der Waals surface area contributed by atoms with Gasteiger partial charge in [-0.25, -0.2) is 0 Å². The molecule has 0 bridgehead atoms. The third kappa shape index (κ3) is 2.85. The first-order valence-electron chi connectivity index (χ1n) is 6.42. The summed E-state index contributed by atoms with van der Waals surface area (Å²) in [6, 6.07) is 10.5. The molecule has 0 unspecified atom stereocenters. The van der Waals surface area contributed by atoms with Crippen LogP contribution in [0.3, 0.4) is 0 Å². The van der Waals surface area contributed by atoms with E-state index in [2.05, 4.69) is 44.2 Å². The Kier molecular flexibility index (Phi) is 3.65. The Hall–Kier alpha value is -0.820. The van der Waals surface area contributed by atoms with Crippen LogP contribution < -0.4 is 0 Å². The van der Waals surface area contributed by atoms with Crippen LogP contribution in [0.1, 0.15) is 51.5 Å². The molecule has 1 aromatic rings. The smallest absolute Gasteiger partial charge is 0.0879 e. The first-order valence-corrected chi connectivity index (χ1v) is 6.42. The van der Waals surface area contributed by atoms with Gasteiger partial charge in [-0.2, -0.15) is 0 Å². The van der Waals surface area contributed by atoms with Gasteiger partial charge in [0.25, 0.3) is 0 Å². The first kappa shape index (κ1) is 11.7. The molecule has 1 aliphatic rings. The van der Waals surface area contributed by atoms with Crippen molar-refractivity contribution in [3.05, 3.63) is 35.9 Å². The van der Waals surface area contributed by atoms with Gasteiger partial charge in [-0.05, 0) is 32.3 Å². The van der Waals surface area contributed by atoms with Crippen molar-refractivity contribution >= 4 is 0 Å². The lowest BCUT2D eigenvalue weighted by atomic mass is 9.94. The molecule has 0 atom stereocenters. The number of hydrogen-bond donors (Lipinski definition) is 0. The standard InChI is InChI=1S/C15H22O/c1-15(2,13-9-5-3-6-10-13)16-14-11-7-4-8-12-14/h3,5-6,9-10,14H,4,7-8,11-12H2,1-2H3. The fraction of sp³-hybridized carbons (Fsp3) is 0.600. The van der Waals surface area contributed by atoms with Gasteiger partial charge in [-0.15, -0.1) is 0 Å². The van der Waals surface area contributed by atoms with Gasteiger partial charge in [-0.1, -0.05) is 49.6 Å². The van der Waals surface area contributed by atoms with Crippen molar-refractivity contribution in [2.45, 2.75) is 57.7 Å². The zero-order valence-corrected chi connectivity index (χ0v) is 10.4. The van der Waals surface area contributed by atoms with E-state index in [9.17, 15) is 0 Å². The van der Waals surface area contributed by atoms with Crippen molar-refractivity contribution in [1.82, 2.24) is 0 Å². The van der Waals surface area contributed by atoms with Crippen LogP contribution in [0.15, 0.2) is 30.3 Å². The summed E-state index contributed by atoms with van der Waals surface area (Å²) in [6.45, 7) is 4.36.